The summed E-state index contributed by atoms with van der Waals surface area (Å²) in [4.78, 5) is 32.3. The molecule has 0 atom stereocenters. The number of rotatable bonds is 7. The summed E-state index contributed by atoms with van der Waals surface area (Å²) >= 11 is 0. The molecule has 3 aromatic rings. The summed E-state index contributed by atoms with van der Waals surface area (Å²) in [6, 6.07) is 13.2. The van der Waals surface area contributed by atoms with E-state index >= 15 is 0 Å². The Labute approximate surface area is 152 Å². The number of ketones is 1. The van der Waals surface area contributed by atoms with Crippen LogP contribution >= 0.6 is 0 Å². The third-order valence-electron chi connectivity index (χ3n) is 4.11. The average Bonchev–Trinajstić information content (AvgIpc) is 2.66. The second kappa shape index (κ2) is 8.34. The van der Waals surface area contributed by atoms with Gasteiger partial charge in [-0.15, -0.1) is 0 Å². The quantitative estimate of drug-likeness (QED) is 0.615. The van der Waals surface area contributed by atoms with Gasteiger partial charge in [-0.05, 0) is 23.6 Å². The van der Waals surface area contributed by atoms with E-state index in [-0.39, 0.29) is 11.3 Å². The Hall–Kier alpha value is -3.08. The lowest BCUT2D eigenvalue weighted by atomic mass is 10.1. The van der Waals surface area contributed by atoms with Crippen LogP contribution in [0.1, 0.15) is 47.1 Å². The summed E-state index contributed by atoms with van der Waals surface area (Å²) in [5.74, 6) is 0.0329. The van der Waals surface area contributed by atoms with Gasteiger partial charge in [0.05, 0.1) is 18.4 Å². The van der Waals surface area contributed by atoms with Gasteiger partial charge in [-0.2, -0.15) is 0 Å². The highest BCUT2D eigenvalue weighted by Gasteiger charge is 2.08. The molecule has 0 spiro atoms. The Morgan fingerprint density at radius 3 is 2.54 bits per heavy atom. The lowest BCUT2D eigenvalue weighted by Crippen LogP contribution is -2.18. The summed E-state index contributed by atoms with van der Waals surface area (Å²) < 4.78 is 1.67. The van der Waals surface area contributed by atoms with Gasteiger partial charge in [-0.1, -0.05) is 37.3 Å². The molecular formula is C21H21N3O2. The topological polar surface area (TPSA) is 64.8 Å². The van der Waals surface area contributed by atoms with Crippen LogP contribution < -0.4 is 5.56 Å². The fourth-order valence-corrected chi connectivity index (χ4v) is 2.74. The Bertz CT molecular complexity index is 946. The van der Waals surface area contributed by atoms with E-state index in [9.17, 15) is 9.59 Å². The second-order valence-corrected chi connectivity index (χ2v) is 6.23. The highest BCUT2D eigenvalue weighted by Crippen LogP contribution is 2.11. The highest BCUT2D eigenvalue weighted by atomic mass is 16.1. The minimum Gasteiger partial charge on any atom is -0.311 e. The average molecular weight is 347 g/mol. The maximum absolute atomic E-state index is 12.0. The number of nitrogens with zero attached hydrogens (tertiary/aromatic N) is 3. The molecule has 0 bridgehead atoms. The monoisotopic (exact) mass is 347 g/mol. The van der Waals surface area contributed by atoms with Gasteiger partial charge in [-0.3, -0.25) is 14.6 Å². The zero-order valence-corrected chi connectivity index (χ0v) is 14.8. The van der Waals surface area contributed by atoms with Crippen molar-refractivity contribution in [3.63, 3.8) is 0 Å². The third kappa shape index (κ3) is 4.51. The van der Waals surface area contributed by atoms with Gasteiger partial charge >= 0.3 is 0 Å². The molecule has 0 aliphatic carbocycles. The summed E-state index contributed by atoms with van der Waals surface area (Å²) in [5.41, 5.74) is 3.34. The molecule has 0 saturated heterocycles. The zero-order valence-electron chi connectivity index (χ0n) is 14.8. The molecular weight excluding hydrogens is 326 g/mol. The van der Waals surface area contributed by atoms with E-state index in [1.54, 1.807) is 29.1 Å². The van der Waals surface area contributed by atoms with Crippen LogP contribution in [0.5, 0.6) is 0 Å². The number of pyridine rings is 1. The Morgan fingerprint density at radius 2 is 1.81 bits per heavy atom. The van der Waals surface area contributed by atoms with Crippen LogP contribution in [0.2, 0.25) is 0 Å². The minimum absolute atomic E-state index is 0.0135. The van der Waals surface area contributed by atoms with Crippen LogP contribution in [0.3, 0.4) is 0 Å². The van der Waals surface area contributed by atoms with Gasteiger partial charge in [0.2, 0.25) is 0 Å². The molecule has 0 fully saturated rings. The zero-order chi connectivity index (χ0) is 18.4. The van der Waals surface area contributed by atoms with Crippen molar-refractivity contribution in [3.8, 4) is 0 Å². The number of carbonyl (C=O) groups excluding carboxylic acids is 1. The fourth-order valence-electron chi connectivity index (χ4n) is 2.74. The number of hydrogen-bond acceptors (Lipinski definition) is 4. The van der Waals surface area contributed by atoms with Crippen LogP contribution in [0.4, 0.5) is 0 Å². The van der Waals surface area contributed by atoms with E-state index in [4.69, 9.17) is 0 Å². The molecule has 5 heteroatoms. The normalized spacial score (nSPS) is 10.7. The van der Waals surface area contributed by atoms with Crippen LogP contribution in [-0.2, 0) is 13.0 Å². The number of Topliss-reactive ketones (excluding diaryl/α,β-unsaturated/α-hetero) is 1. The number of carbonyl (C=O) groups is 1. The van der Waals surface area contributed by atoms with Crippen molar-refractivity contribution in [2.75, 3.05) is 0 Å². The Balaban J connectivity index is 1.70. The van der Waals surface area contributed by atoms with E-state index in [0.29, 0.717) is 25.1 Å². The first-order valence-electron chi connectivity index (χ1n) is 8.73. The molecule has 132 valence electrons. The lowest BCUT2D eigenvalue weighted by molar-refractivity contribution is 0.0976. The SMILES string of the molecule is CCCC(=O)c1cncc(Cc2ccc(Cn3ccccc3=O)cc2)n1. The lowest BCUT2D eigenvalue weighted by Gasteiger charge is -2.07. The van der Waals surface area contributed by atoms with E-state index in [1.807, 2.05) is 37.3 Å². The van der Waals surface area contributed by atoms with Gasteiger partial charge in [0, 0.05) is 31.3 Å². The van der Waals surface area contributed by atoms with Crippen LogP contribution in [0, 0.1) is 0 Å². The van der Waals surface area contributed by atoms with Crippen molar-refractivity contribution < 1.29 is 4.79 Å². The highest BCUT2D eigenvalue weighted by molar-refractivity contribution is 5.93. The number of aromatic nitrogens is 3. The molecule has 26 heavy (non-hydrogen) atoms. The van der Waals surface area contributed by atoms with E-state index in [1.165, 1.54) is 6.20 Å². The van der Waals surface area contributed by atoms with E-state index in [0.717, 1.165) is 23.2 Å². The Morgan fingerprint density at radius 1 is 1.04 bits per heavy atom. The van der Waals surface area contributed by atoms with Crippen LogP contribution in [0.25, 0.3) is 0 Å². The van der Waals surface area contributed by atoms with Gasteiger partial charge in [0.1, 0.15) is 5.69 Å². The second-order valence-electron chi connectivity index (χ2n) is 6.23. The van der Waals surface area contributed by atoms with Crippen molar-refractivity contribution in [1.29, 1.82) is 0 Å². The first-order chi connectivity index (χ1) is 12.7. The molecule has 0 aliphatic rings. The molecule has 2 heterocycles. The number of benzene rings is 1. The molecule has 0 aliphatic heterocycles. The Kier molecular flexibility index (Phi) is 5.69. The van der Waals surface area contributed by atoms with Gasteiger partial charge < -0.3 is 4.57 Å². The summed E-state index contributed by atoms with van der Waals surface area (Å²) in [6.07, 6.45) is 6.92. The van der Waals surface area contributed by atoms with Crippen molar-refractivity contribution in [2.24, 2.45) is 0 Å². The molecule has 0 saturated carbocycles. The summed E-state index contributed by atoms with van der Waals surface area (Å²) in [7, 11) is 0. The first-order valence-corrected chi connectivity index (χ1v) is 8.73. The van der Waals surface area contributed by atoms with Gasteiger partial charge in [-0.25, -0.2) is 4.98 Å². The number of hydrogen-bond donors (Lipinski definition) is 0. The van der Waals surface area contributed by atoms with E-state index < -0.39 is 0 Å². The van der Waals surface area contributed by atoms with Crippen LogP contribution in [0.15, 0.2) is 65.8 Å². The minimum atomic E-state index is -0.0135. The smallest absolute Gasteiger partial charge is 0.250 e. The predicted molar refractivity (Wildman–Crippen MR) is 100 cm³/mol. The summed E-state index contributed by atoms with van der Waals surface area (Å²) in [5, 5.41) is 0. The van der Waals surface area contributed by atoms with Crippen molar-refractivity contribution in [2.45, 2.75) is 32.7 Å². The summed E-state index contributed by atoms with van der Waals surface area (Å²) in [6.45, 7) is 2.51. The first kappa shape index (κ1) is 17.7. The maximum Gasteiger partial charge on any atom is 0.250 e. The van der Waals surface area contributed by atoms with Crippen molar-refractivity contribution in [3.05, 3.63) is 93.9 Å². The van der Waals surface area contributed by atoms with Crippen molar-refractivity contribution >= 4 is 5.78 Å². The van der Waals surface area contributed by atoms with Gasteiger partial charge in [0.15, 0.2) is 5.78 Å². The molecule has 0 amide bonds. The predicted octanol–water partition coefficient (Wildman–Crippen LogP) is 3.26. The third-order valence-corrected chi connectivity index (χ3v) is 4.11. The van der Waals surface area contributed by atoms with Gasteiger partial charge in [0.25, 0.3) is 5.56 Å². The molecule has 0 unspecified atom stereocenters. The molecule has 0 N–H and O–H groups in total. The standard InChI is InChI=1S/C21H21N3O2/c1-2-5-20(25)19-14-22-13-18(23-19)12-16-7-9-17(10-8-16)15-24-11-4-3-6-21(24)26/h3-4,6-11,13-14H,2,5,12,15H2,1H3. The molecule has 0 radical (unpaired) electrons. The maximum atomic E-state index is 12.0. The molecule has 1 aromatic carbocycles. The fraction of sp³-hybridized carbons (Fsp3) is 0.238. The molecule has 2 aromatic heterocycles. The van der Waals surface area contributed by atoms with Crippen molar-refractivity contribution in [1.82, 2.24) is 14.5 Å². The van der Waals surface area contributed by atoms with Crippen LogP contribution in [-0.4, -0.2) is 20.3 Å². The largest absolute Gasteiger partial charge is 0.311 e. The molecule has 5 nitrogen and oxygen atoms in total. The van der Waals surface area contributed by atoms with E-state index in [2.05, 4.69) is 9.97 Å². The molecule has 3 rings (SSSR count).